The van der Waals surface area contributed by atoms with Crippen LogP contribution in [0.1, 0.15) is 108 Å². The van der Waals surface area contributed by atoms with Gasteiger partial charge in [0.05, 0.1) is 12.1 Å². The van der Waals surface area contributed by atoms with Crippen LogP contribution in [0.5, 0.6) is 0 Å². The second-order valence-electron chi connectivity index (χ2n) is 13.8. The predicted octanol–water partition coefficient (Wildman–Crippen LogP) is 5.21. The lowest BCUT2D eigenvalue weighted by Crippen LogP contribution is -2.56. The first-order valence-corrected chi connectivity index (χ1v) is 15.3. The van der Waals surface area contributed by atoms with Crippen LogP contribution >= 0.6 is 0 Å². The average Bonchev–Trinajstić information content (AvgIpc) is 3.43. The number of carbonyl (C=O) groups is 3. The van der Waals surface area contributed by atoms with E-state index in [2.05, 4.69) is 39.8 Å². The predicted molar refractivity (Wildman–Crippen MR) is 150 cm³/mol. The van der Waals surface area contributed by atoms with Gasteiger partial charge in [-0.15, -0.1) is 0 Å². The van der Waals surface area contributed by atoms with Gasteiger partial charge in [-0.1, -0.05) is 32.9 Å². The Bertz CT molecular complexity index is 1240. The summed E-state index contributed by atoms with van der Waals surface area (Å²) >= 11 is 0. The van der Waals surface area contributed by atoms with Crippen LogP contribution in [0.25, 0.3) is 0 Å². The van der Waals surface area contributed by atoms with Gasteiger partial charge in [0.2, 0.25) is 5.91 Å². The third-order valence-corrected chi connectivity index (χ3v) is 11.5. The normalized spacial score (nSPS) is 40.2. The van der Waals surface area contributed by atoms with E-state index in [1.54, 1.807) is 6.92 Å². The van der Waals surface area contributed by atoms with Gasteiger partial charge in [0.25, 0.3) is 0 Å². The largest absolute Gasteiger partial charge is 0.462 e. The summed E-state index contributed by atoms with van der Waals surface area (Å²) in [4.78, 5) is 38.5. The van der Waals surface area contributed by atoms with Crippen LogP contribution in [0.3, 0.4) is 0 Å². The lowest BCUT2D eigenvalue weighted by molar-refractivity contribution is -0.160. The van der Waals surface area contributed by atoms with Crippen molar-refractivity contribution in [3.63, 3.8) is 0 Å². The molecule has 0 radical (unpaired) electrons. The molecule has 2 aliphatic heterocycles. The number of carbonyl (C=O) groups excluding carboxylic acids is 3. The molecule has 10 atom stereocenters. The van der Waals surface area contributed by atoms with Crippen LogP contribution in [0, 0.1) is 24.2 Å². The summed E-state index contributed by atoms with van der Waals surface area (Å²) < 4.78 is 18.0. The molecule has 7 heteroatoms. The first-order valence-electron chi connectivity index (χ1n) is 15.3. The van der Waals surface area contributed by atoms with Gasteiger partial charge >= 0.3 is 11.9 Å². The van der Waals surface area contributed by atoms with E-state index in [0.29, 0.717) is 18.4 Å². The number of esters is 2. The highest BCUT2D eigenvalue weighted by Crippen LogP contribution is 2.72. The summed E-state index contributed by atoms with van der Waals surface area (Å²) in [5, 5.41) is 0. The first kappa shape index (κ1) is 27.7. The maximum absolute atomic E-state index is 12.8. The Morgan fingerprint density at radius 1 is 1.10 bits per heavy atom. The number of hydrogen-bond donors (Lipinski definition) is 0. The zero-order chi connectivity index (χ0) is 28.7. The highest BCUT2D eigenvalue weighted by Gasteiger charge is 2.75. The molecule has 0 aromatic heterocycles. The molecule has 5 aliphatic rings. The van der Waals surface area contributed by atoms with Crippen molar-refractivity contribution in [1.82, 2.24) is 4.90 Å². The molecular formula is C33H45NO6. The van der Waals surface area contributed by atoms with Gasteiger partial charge in [0, 0.05) is 45.1 Å². The number of benzene rings is 1. The van der Waals surface area contributed by atoms with E-state index < -0.39 is 0 Å². The van der Waals surface area contributed by atoms with E-state index in [9.17, 15) is 14.4 Å². The van der Waals surface area contributed by atoms with E-state index in [0.717, 1.165) is 38.5 Å². The lowest BCUT2D eigenvalue weighted by Gasteiger charge is -2.51. The maximum atomic E-state index is 12.8. The Hall–Kier alpha value is -2.41. The highest BCUT2D eigenvalue weighted by molar-refractivity contribution is 5.74. The molecular weight excluding hydrogens is 506 g/mol. The van der Waals surface area contributed by atoms with Gasteiger partial charge < -0.3 is 19.1 Å². The molecule has 6 rings (SSSR count). The SMILES string of the molecule is CC(=O)OC1CCC2(C)C3Cc4c(ccc(C(C)C5C(OC(C)=O)CC(C)CN5C(C)=O)c4C)C3CC3OC32C1. The molecule has 0 bridgehead atoms. The van der Waals surface area contributed by atoms with Crippen molar-refractivity contribution in [2.24, 2.45) is 17.3 Å². The summed E-state index contributed by atoms with van der Waals surface area (Å²) in [7, 11) is 0. The van der Waals surface area contributed by atoms with Crippen molar-refractivity contribution in [2.75, 3.05) is 6.54 Å². The summed E-state index contributed by atoms with van der Waals surface area (Å²) in [5.41, 5.74) is 5.38. The maximum Gasteiger partial charge on any atom is 0.302 e. The second kappa shape index (κ2) is 9.57. The highest BCUT2D eigenvalue weighted by atomic mass is 16.6. The Morgan fingerprint density at radius 2 is 1.82 bits per heavy atom. The van der Waals surface area contributed by atoms with Gasteiger partial charge in [-0.2, -0.15) is 0 Å². The zero-order valence-corrected chi connectivity index (χ0v) is 25.1. The standard InChI is InChI=1S/C33H45NO6/c1-17-12-29(39-22(6)37)31(34(16-17)20(4)35)19(3)24-8-9-25-26(18(24)2)13-28-27(25)14-30-33(40-30)15-23(38-21(5)36)10-11-32(28,33)7/h8-9,17,19,23,27-31H,10-16H2,1-7H3. The molecule has 40 heavy (non-hydrogen) atoms. The third kappa shape index (κ3) is 4.13. The molecule has 1 spiro atoms. The molecule has 10 unspecified atom stereocenters. The van der Waals surface area contributed by atoms with Crippen molar-refractivity contribution >= 4 is 17.8 Å². The molecule has 2 saturated heterocycles. The minimum atomic E-state index is -0.314. The summed E-state index contributed by atoms with van der Waals surface area (Å²) in [5.74, 6) is 0.834. The summed E-state index contributed by atoms with van der Waals surface area (Å²) in [6.07, 6.45) is 5.43. The molecule has 1 aromatic carbocycles. The number of epoxide rings is 1. The number of likely N-dealkylation sites (tertiary alicyclic amines) is 1. The molecule has 4 fully saturated rings. The Labute approximate surface area is 238 Å². The van der Waals surface area contributed by atoms with Crippen molar-refractivity contribution in [3.05, 3.63) is 34.4 Å². The topological polar surface area (TPSA) is 85.4 Å². The van der Waals surface area contributed by atoms with Crippen LogP contribution in [0.4, 0.5) is 0 Å². The number of fused-ring (bicyclic) bond motifs is 4. The average molecular weight is 552 g/mol. The molecule has 1 amide bonds. The zero-order valence-electron chi connectivity index (χ0n) is 25.1. The number of piperidine rings is 1. The molecule has 2 heterocycles. The van der Waals surface area contributed by atoms with Crippen LogP contribution < -0.4 is 0 Å². The number of nitrogens with zero attached hydrogens (tertiary/aromatic N) is 1. The van der Waals surface area contributed by atoms with Crippen LogP contribution in [0.2, 0.25) is 0 Å². The van der Waals surface area contributed by atoms with Gasteiger partial charge in [-0.3, -0.25) is 14.4 Å². The number of rotatable bonds is 4. The van der Waals surface area contributed by atoms with Crippen molar-refractivity contribution < 1.29 is 28.6 Å². The smallest absolute Gasteiger partial charge is 0.302 e. The number of hydrogen-bond acceptors (Lipinski definition) is 6. The monoisotopic (exact) mass is 551 g/mol. The third-order valence-electron chi connectivity index (χ3n) is 11.5. The first-order chi connectivity index (χ1) is 18.9. The minimum Gasteiger partial charge on any atom is -0.462 e. The Balaban J connectivity index is 1.30. The van der Waals surface area contributed by atoms with E-state index >= 15 is 0 Å². The fourth-order valence-corrected chi connectivity index (χ4v) is 9.71. The summed E-state index contributed by atoms with van der Waals surface area (Å²) in [6, 6.07) is 4.43. The quantitative estimate of drug-likeness (QED) is 0.378. The molecule has 3 aliphatic carbocycles. The Morgan fingerprint density at radius 3 is 2.50 bits per heavy atom. The van der Waals surface area contributed by atoms with Gasteiger partial charge in [0.15, 0.2) is 0 Å². The van der Waals surface area contributed by atoms with Gasteiger partial charge in [-0.05, 0) is 79.0 Å². The molecule has 0 N–H and O–H groups in total. The summed E-state index contributed by atoms with van der Waals surface area (Å²) in [6.45, 7) is 14.3. The van der Waals surface area contributed by atoms with Gasteiger partial charge in [0.1, 0.15) is 17.8 Å². The number of amides is 1. The molecule has 218 valence electrons. The molecule has 1 aromatic rings. The van der Waals surface area contributed by atoms with Crippen LogP contribution in [0.15, 0.2) is 12.1 Å². The minimum absolute atomic E-state index is 0.0338. The van der Waals surface area contributed by atoms with E-state index in [1.165, 1.54) is 36.1 Å². The van der Waals surface area contributed by atoms with E-state index in [-0.39, 0.29) is 65.1 Å². The van der Waals surface area contributed by atoms with Crippen LogP contribution in [-0.2, 0) is 35.0 Å². The fourth-order valence-electron chi connectivity index (χ4n) is 9.71. The van der Waals surface area contributed by atoms with Crippen molar-refractivity contribution in [1.29, 1.82) is 0 Å². The second-order valence-corrected chi connectivity index (χ2v) is 13.8. The van der Waals surface area contributed by atoms with E-state index in [4.69, 9.17) is 14.2 Å². The lowest BCUT2D eigenvalue weighted by atomic mass is 9.52. The number of ether oxygens (including phenoxy) is 3. The van der Waals surface area contributed by atoms with Crippen LogP contribution in [-0.4, -0.2) is 59.2 Å². The fraction of sp³-hybridized carbons (Fsp3) is 0.727. The molecule has 7 nitrogen and oxygen atoms in total. The van der Waals surface area contributed by atoms with Crippen molar-refractivity contribution in [2.45, 2.75) is 129 Å². The molecule has 2 saturated carbocycles. The van der Waals surface area contributed by atoms with E-state index in [1.807, 2.05) is 4.90 Å². The van der Waals surface area contributed by atoms with Crippen molar-refractivity contribution in [3.8, 4) is 0 Å². The Kier molecular flexibility index (Phi) is 6.64. The van der Waals surface area contributed by atoms with Gasteiger partial charge in [-0.25, -0.2) is 0 Å².